The van der Waals surface area contributed by atoms with E-state index in [0.717, 1.165) is 40.2 Å². The molecule has 0 saturated heterocycles. The second-order valence-corrected chi connectivity index (χ2v) is 9.01. The van der Waals surface area contributed by atoms with Crippen LogP contribution < -0.4 is 4.74 Å². The van der Waals surface area contributed by atoms with Crippen LogP contribution in [0.2, 0.25) is 0 Å². The van der Waals surface area contributed by atoms with Gasteiger partial charge in [0.2, 0.25) is 0 Å². The van der Waals surface area contributed by atoms with Crippen molar-refractivity contribution in [3.05, 3.63) is 82.5 Å². The summed E-state index contributed by atoms with van der Waals surface area (Å²) in [5.41, 5.74) is 4.91. The van der Waals surface area contributed by atoms with Crippen molar-refractivity contribution in [2.45, 2.75) is 53.6 Å². The average Bonchev–Trinajstić information content (AvgIpc) is 3.28. The maximum Gasteiger partial charge on any atom is 0.336 e. The molecule has 0 aliphatic carbocycles. The first-order chi connectivity index (χ1) is 18.4. The third-order valence-electron chi connectivity index (χ3n) is 6.94. The van der Waals surface area contributed by atoms with E-state index in [1.807, 2.05) is 67.3 Å². The van der Waals surface area contributed by atoms with Crippen LogP contribution in [-0.2, 0) is 32.2 Å². The highest BCUT2D eigenvalue weighted by Crippen LogP contribution is 2.43. The lowest BCUT2D eigenvalue weighted by atomic mass is 9.79. The van der Waals surface area contributed by atoms with E-state index in [9.17, 15) is 9.59 Å². The van der Waals surface area contributed by atoms with Gasteiger partial charge in [0.1, 0.15) is 18.2 Å². The number of ether oxygens (including phenoxy) is 3. The third-order valence-corrected chi connectivity index (χ3v) is 6.94. The van der Waals surface area contributed by atoms with Gasteiger partial charge in [-0.2, -0.15) is 0 Å². The van der Waals surface area contributed by atoms with Crippen molar-refractivity contribution >= 4 is 23.0 Å². The van der Waals surface area contributed by atoms with E-state index in [4.69, 9.17) is 19.2 Å². The third kappa shape index (κ3) is 4.90. The van der Waals surface area contributed by atoms with E-state index in [1.54, 1.807) is 21.0 Å². The summed E-state index contributed by atoms with van der Waals surface area (Å²) in [6, 6.07) is 15.4. The van der Waals surface area contributed by atoms with Crippen molar-refractivity contribution in [1.82, 2.24) is 14.5 Å². The van der Waals surface area contributed by atoms with Gasteiger partial charge in [0, 0.05) is 17.8 Å². The molecule has 4 rings (SSSR count). The lowest BCUT2D eigenvalue weighted by Crippen LogP contribution is -2.36. The molecule has 0 atom stereocenters. The van der Waals surface area contributed by atoms with Crippen molar-refractivity contribution in [2.24, 2.45) is 0 Å². The largest absolute Gasteiger partial charge is 0.497 e. The molecule has 0 fully saturated rings. The number of nitrogens with zero attached hydrogens (tertiary/aromatic N) is 3. The molecule has 0 spiro atoms. The Morgan fingerprint density at radius 2 is 1.45 bits per heavy atom. The molecular weight excluding hydrogens is 482 g/mol. The monoisotopic (exact) mass is 517 g/mol. The van der Waals surface area contributed by atoms with Gasteiger partial charge in [-0.05, 0) is 57.5 Å². The van der Waals surface area contributed by atoms with Gasteiger partial charge in [0.15, 0.2) is 0 Å². The number of fused-ring (bicyclic) bond motifs is 1. The number of rotatable bonds is 9. The van der Waals surface area contributed by atoms with Crippen LogP contribution in [0.15, 0.2) is 71.1 Å². The molecule has 38 heavy (non-hydrogen) atoms. The van der Waals surface area contributed by atoms with Crippen LogP contribution in [0.4, 0.5) is 0 Å². The number of aryl methyl sites for hydroxylation is 1. The molecule has 1 aliphatic heterocycles. The van der Waals surface area contributed by atoms with Crippen LogP contribution in [0.1, 0.15) is 51.9 Å². The predicted molar refractivity (Wildman–Crippen MR) is 145 cm³/mol. The number of methoxy groups -OCH3 is 1. The molecule has 8 nitrogen and oxygen atoms in total. The van der Waals surface area contributed by atoms with Crippen LogP contribution in [0.5, 0.6) is 5.75 Å². The molecule has 200 valence electrons. The number of carbonyl (C=O) groups is 2. The molecule has 0 bridgehead atoms. The quantitative estimate of drug-likeness (QED) is 0.354. The SMILES string of the molecule is CCOC(=O)C1=C(C)N(Cn2c(CC)nc3ccccc32)C(C)=C(C(=O)OCC)C1c1ccc(OC)cc1. The van der Waals surface area contributed by atoms with Crippen LogP contribution in [0, 0.1) is 0 Å². The van der Waals surface area contributed by atoms with Crippen molar-refractivity contribution in [3.8, 4) is 5.75 Å². The summed E-state index contributed by atoms with van der Waals surface area (Å²) < 4.78 is 18.5. The Labute approximate surface area is 223 Å². The van der Waals surface area contributed by atoms with E-state index in [2.05, 4.69) is 11.5 Å². The Balaban J connectivity index is 1.93. The number of allylic oxidation sites excluding steroid dienone is 2. The van der Waals surface area contributed by atoms with E-state index >= 15 is 0 Å². The van der Waals surface area contributed by atoms with Gasteiger partial charge in [0.25, 0.3) is 0 Å². The van der Waals surface area contributed by atoms with Gasteiger partial charge in [0.05, 0.1) is 48.4 Å². The molecule has 0 amide bonds. The van der Waals surface area contributed by atoms with Gasteiger partial charge in [-0.25, -0.2) is 14.6 Å². The Morgan fingerprint density at radius 1 is 0.868 bits per heavy atom. The van der Waals surface area contributed by atoms with E-state index in [0.29, 0.717) is 23.6 Å². The fraction of sp³-hybridized carbons (Fsp3) is 0.367. The summed E-state index contributed by atoms with van der Waals surface area (Å²) in [4.78, 5) is 33.8. The summed E-state index contributed by atoms with van der Waals surface area (Å²) in [5.74, 6) is 0.0227. The van der Waals surface area contributed by atoms with Crippen molar-refractivity contribution < 1.29 is 23.8 Å². The number of para-hydroxylation sites is 2. The Bertz CT molecular complexity index is 1360. The Hall–Kier alpha value is -4.07. The number of carbonyl (C=O) groups excluding carboxylic acids is 2. The molecule has 2 aromatic carbocycles. The average molecular weight is 518 g/mol. The van der Waals surface area contributed by atoms with Gasteiger partial charge < -0.3 is 23.7 Å². The highest BCUT2D eigenvalue weighted by atomic mass is 16.5. The van der Waals surface area contributed by atoms with Crippen molar-refractivity contribution in [3.63, 3.8) is 0 Å². The Morgan fingerprint density at radius 3 is 1.97 bits per heavy atom. The zero-order valence-electron chi connectivity index (χ0n) is 22.9. The van der Waals surface area contributed by atoms with Gasteiger partial charge in [-0.3, -0.25) is 0 Å². The molecule has 0 N–H and O–H groups in total. The van der Waals surface area contributed by atoms with E-state index < -0.39 is 17.9 Å². The first kappa shape index (κ1) is 27.0. The highest BCUT2D eigenvalue weighted by Gasteiger charge is 2.40. The van der Waals surface area contributed by atoms with Crippen molar-refractivity contribution in [2.75, 3.05) is 20.3 Å². The smallest absolute Gasteiger partial charge is 0.336 e. The molecule has 2 heterocycles. The number of esters is 2. The number of imidazole rings is 1. The molecule has 1 aliphatic rings. The minimum atomic E-state index is -0.652. The topological polar surface area (TPSA) is 82.9 Å². The first-order valence-corrected chi connectivity index (χ1v) is 13.0. The van der Waals surface area contributed by atoms with Crippen LogP contribution in [-0.4, -0.2) is 46.7 Å². The second kappa shape index (κ2) is 11.5. The van der Waals surface area contributed by atoms with E-state index in [1.165, 1.54) is 0 Å². The number of aromatic nitrogens is 2. The maximum atomic E-state index is 13.5. The van der Waals surface area contributed by atoms with Gasteiger partial charge in [-0.1, -0.05) is 31.2 Å². The van der Waals surface area contributed by atoms with Gasteiger partial charge in [-0.15, -0.1) is 0 Å². The molecular formula is C30H35N3O5. The predicted octanol–water partition coefficient (Wildman–Crippen LogP) is 5.34. The van der Waals surface area contributed by atoms with Crippen molar-refractivity contribution in [1.29, 1.82) is 0 Å². The minimum absolute atomic E-state index is 0.217. The lowest BCUT2D eigenvalue weighted by Gasteiger charge is -2.38. The summed E-state index contributed by atoms with van der Waals surface area (Å²) >= 11 is 0. The standard InChI is InChI=1S/C30H35N3O5/c1-7-25-31-23-12-10-11-13-24(23)33(25)18-32-19(4)26(29(34)37-8-2)28(21-14-16-22(36-6)17-15-21)27(20(32)5)30(35)38-9-3/h10-17,28H,7-9,18H2,1-6H3. The molecule has 0 radical (unpaired) electrons. The fourth-order valence-electron chi connectivity index (χ4n) is 5.09. The second-order valence-electron chi connectivity index (χ2n) is 9.01. The summed E-state index contributed by atoms with van der Waals surface area (Å²) in [7, 11) is 1.60. The van der Waals surface area contributed by atoms with Gasteiger partial charge >= 0.3 is 11.9 Å². The zero-order valence-corrected chi connectivity index (χ0v) is 22.9. The van der Waals surface area contributed by atoms with E-state index in [-0.39, 0.29) is 13.2 Å². The fourth-order valence-corrected chi connectivity index (χ4v) is 5.09. The molecule has 0 saturated carbocycles. The number of benzene rings is 2. The zero-order chi connectivity index (χ0) is 27.4. The highest BCUT2D eigenvalue weighted by molar-refractivity contribution is 6.00. The Kier molecular flexibility index (Phi) is 8.20. The number of hydrogen-bond acceptors (Lipinski definition) is 7. The van der Waals surface area contributed by atoms with Crippen LogP contribution >= 0.6 is 0 Å². The summed E-state index contributed by atoms with van der Waals surface area (Å²) in [6.45, 7) is 10.2. The number of hydrogen-bond donors (Lipinski definition) is 0. The minimum Gasteiger partial charge on any atom is -0.497 e. The molecule has 3 aromatic rings. The molecule has 8 heteroatoms. The maximum absolute atomic E-state index is 13.5. The normalized spacial score (nSPS) is 14.3. The molecule has 0 unspecified atom stereocenters. The van der Waals surface area contributed by atoms with Crippen LogP contribution in [0.3, 0.4) is 0 Å². The molecule has 1 aromatic heterocycles. The summed E-state index contributed by atoms with van der Waals surface area (Å²) in [6.07, 6.45) is 0.734. The first-order valence-electron chi connectivity index (χ1n) is 13.0. The summed E-state index contributed by atoms with van der Waals surface area (Å²) in [5, 5.41) is 0. The van der Waals surface area contributed by atoms with Crippen LogP contribution in [0.25, 0.3) is 11.0 Å². The lowest BCUT2D eigenvalue weighted by molar-refractivity contribution is -0.139.